The van der Waals surface area contributed by atoms with Gasteiger partial charge >= 0.3 is 17.8 Å². The van der Waals surface area contributed by atoms with Gasteiger partial charge in [0, 0.05) is 6.42 Å². The van der Waals surface area contributed by atoms with Gasteiger partial charge in [0.25, 0.3) is 0 Å². The first-order valence-corrected chi connectivity index (χ1v) is 5.71. The fraction of sp³-hybridized carbons (Fsp3) is 0.400. The Labute approximate surface area is 117 Å². The topological polar surface area (TPSA) is 165 Å². The highest BCUT2D eigenvalue weighted by Gasteiger charge is 2.22. The second-order valence-electron chi connectivity index (χ2n) is 4.02. The van der Waals surface area contributed by atoms with Crippen LogP contribution in [0, 0.1) is 10.1 Å². The minimum atomic E-state index is -1.36. The molecule has 1 aromatic rings. The number of rotatable bonds is 8. The molecule has 0 fully saturated rings. The highest BCUT2D eigenvalue weighted by molar-refractivity contribution is 5.83. The summed E-state index contributed by atoms with van der Waals surface area (Å²) in [5.74, 6) is -3.73. The number of amides is 1. The first-order chi connectivity index (χ1) is 9.79. The molecule has 0 bridgehead atoms. The maximum atomic E-state index is 11.6. The van der Waals surface area contributed by atoms with Crippen molar-refractivity contribution < 1.29 is 29.5 Å². The summed E-state index contributed by atoms with van der Waals surface area (Å²) in [6.45, 7) is -0.412. The predicted molar refractivity (Wildman–Crippen MR) is 65.3 cm³/mol. The van der Waals surface area contributed by atoms with Crippen molar-refractivity contribution in [1.29, 1.82) is 0 Å². The van der Waals surface area contributed by atoms with Gasteiger partial charge in [-0.3, -0.25) is 9.59 Å². The van der Waals surface area contributed by atoms with Crippen LogP contribution in [0.1, 0.15) is 12.8 Å². The molecule has 3 N–H and O–H groups in total. The summed E-state index contributed by atoms with van der Waals surface area (Å²) in [5, 5.41) is 33.4. The van der Waals surface area contributed by atoms with Crippen LogP contribution in [0.2, 0.25) is 0 Å². The van der Waals surface area contributed by atoms with Gasteiger partial charge in [0.1, 0.15) is 12.6 Å². The molecule has 0 radical (unpaired) electrons. The Morgan fingerprint density at radius 2 is 2.10 bits per heavy atom. The quantitative estimate of drug-likeness (QED) is 0.415. The van der Waals surface area contributed by atoms with Crippen LogP contribution in [-0.2, 0) is 20.9 Å². The van der Waals surface area contributed by atoms with E-state index in [4.69, 9.17) is 10.2 Å². The van der Waals surface area contributed by atoms with E-state index in [0.29, 0.717) is 0 Å². The number of carbonyl (C=O) groups is 3. The van der Waals surface area contributed by atoms with Gasteiger partial charge in [-0.2, -0.15) is 4.68 Å². The van der Waals surface area contributed by atoms with Crippen LogP contribution in [0.15, 0.2) is 12.3 Å². The number of hydrogen-bond donors (Lipinski definition) is 3. The van der Waals surface area contributed by atoms with Crippen LogP contribution in [0.4, 0.5) is 5.82 Å². The van der Waals surface area contributed by atoms with Crippen molar-refractivity contribution in [2.45, 2.75) is 25.4 Å². The number of hydrogen-bond acceptors (Lipinski definition) is 6. The second kappa shape index (κ2) is 6.98. The third-order valence-corrected chi connectivity index (χ3v) is 2.40. The molecule has 0 saturated carbocycles. The lowest BCUT2D eigenvalue weighted by Crippen LogP contribution is -2.42. The molecular formula is C10H12N4O7. The van der Waals surface area contributed by atoms with E-state index in [9.17, 15) is 24.5 Å². The van der Waals surface area contributed by atoms with Crippen LogP contribution < -0.4 is 5.32 Å². The molecule has 0 unspecified atom stereocenters. The molecule has 1 heterocycles. The zero-order valence-corrected chi connectivity index (χ0v) is 10.6. The molecule has 21 heavy (non-hydrogen) atoms. The number of aromatic nitrogens is 2. The molecule has 1 rings (SSSR count). The Balaban J connectivity index is 2.58. The standard InChI is InChI=1S/C10H12N4O7/c15-8(5-13-4-3-7(12-13)14(20)21)11-6(10(18)19)1-2-9(16)17/h3-4,6H,1-2,5H2,(H,11,15)(H,16,17)(H,18,19)/t6-/m0/s1. The van der Waals surface area contributed by atoms with Crippen LogP contribution >= 0.6 is 0 Å². The molecule has 0 aliphatic rings. The summed E-state index contributed by atoms with van der Waals surface area (Å²) in [5.41, 5.74) is 0. The summed E-state index contributed by atoms with van der Waals surface area (Å²) in [6, 6.07) is -0.258. The molecule has 0 aliphatic heterocycles. The molecule has 0 aliphatic carbocycles. The van der Waals surface area contributed by atoms with Crippen molar-refractivity contribution in [2.75, 3.05) is 0 Å². The fourth-order valence-electron chi connectivity index (χ4n) is 1.45. The highest BCUT2D eigenvalue weighted by Crippen LogP contribution is 2.05. The molecule has 0 aromatic carbocycles. The van der Waals surface area contributed by atoms with Gasteiger partial charge in [0.05, 0.1) is 17.4 Å². The van der Waals surface area contributed by atoms with Crippen LogP contribution in [0.25, 0.3) is 0 Å². The first-order valence-electron chi connectivity index (χ1n) is 5.71. The maximum absolute atomic E-state index is 11.6. The summed E-state index contributed by atoms with van der Waals surface area (Å²) in [7, 11) is 0. The summed E-state index contributed by atoms with van der Waals surface area (Å²) < 4.78 is 0.976. The van der Waals surface area contributed by atoms with Crippen LogP contribution in [0.3, 0.4) is 0 Å². The zero-order chi connectivity index (χ0) is 16.0. The minimum absolute atomic E-state index is 0.268. The van der Waals surface area contributed by atoms with E-state index in [-0.39, 0.29) is 6.42 Å². The number of aliphatic carboxylic acids is 2. The smallest absolute Gasteiger partial charge is 0.389 e. The lowest BCUT2D eigenvalue weighted by Gasteiger charge is -2.12. The number of carbonyl (C=O) groups excluding carboxylic acids is 1. The lowest BCUT2D eigenvalue weighted by molar-refractivity contribution is -0.389. The molecule has 0 spiro atoms. The minimum Gasteiger partial charge on any atom is -0.481 e. The lowest BCUT2D eigenvalue weighted by atomic mass is 10.1. The van der Waals surface area contributed by atoms with Gasteiger partial charge < -0.3 is 25.6 Å². The number of carboxylic acids is 2. The Hall–Kier alpha value is -2.98. The fourth-order valence-corrected chi connectivity index (χ4v) is 1.45. The monoisotopic (exact) mass is 300 g/mol. The van der Waals surface area contributed by atoms with E-state index in [1.165, 1.54) is 6.20 Å². The van der Waals surface area contributed by atoms with Crippen LogP contribution in [0.5, 0.6) is 0 Å². The van der Waals surface area contributed by atoms with E-state index >= 15 is 0 Å². The van der Waals surface area contributed by atoms with Gasteiger partial charge in [-0.25, -0.2) is 4.79 Å². The van der Waals surface area contributed by atoms with E-state index in [0.717, 1.165) is 10.7 Å². The second-order valence-corrected chi connectivity index (χ2v) is 4.02. The molecule has 114 valence electrons. The van der Waals surface area contributed by atoms with Gasteiger partial charge in [-0.15, -0.1) is 0 Å². The largest absolute Gasteiger partial charge is 0.481 e. The number of nitro groups is 1. The Morgan fingerprint density at radius 1 is 1.43 bits per heavy atom. The van der Waals surface area contributed by atoms with Crippen molar-refractivity contribution in [2.24, 2.45) is 0 Å². The molecule has 0 saturated heterocycles. The van der Waals surface area contributed by atoms with Gasteiger partial charge in [-0.1, -0.05) is 0 Å². The zero-order valence-electron chi connectivity index (χ0n) is 10.6. The van der Waals surface area contributed by atoms with Gasteiger partial charge in [-0.05, 0) is 11.3 Å². The van der Waals surface area contributed by atoms with E-state index in [1.54, 1.807) is 0 Å². The molecule has 11 heteroatoms. The molecule has 1 amide bonds. The Bertz CT molecular complexity index is 568. The highest BCUT2D eigenvalue weighted by atomic mass is 16.6. The van der Waals surface area contributed by atoms with E-state index in [1.807, 2.05) is 0 Å². The average molecular weight is 300 g/mol. The summed E-state index contributed by atoms with van der Waals surface area (Å²) in [4.78, 5) is 42.5. The van der Waals surface area contributed by atoms with Crippen molar-refractivity contribution in [1.82, 2.24) is 15.1 Å². The number of carboxylic acid groups (broad SMARTS) is 2. The van der Waals surface area contributed by atoms with Gasteiger partial charge in [0.2, 0.25) is 5.91 Å². The van der Waals surface area contributed by atoms with Crippen molar-refractivity contribution in [3.63, 3.8) is 0 Å². The van der Waals surface area contributed by atoms with Crippen molar-refractivity contribution >= 4 is 23.7 Å². The average Bonchev–Trinajstić information content (AvgIpc) is 2.82. The van der Waals surface area contributed by atoms with Crippen molar-refractivity contribution in [3.8, 4) is 0 Å². The summed E-state index contributed by atoms with van der Waals surface area (Å²) >= 11 is 0. The molecule has 1 aromatic heterocycles. The third-order valence-electron chi connectivity index (χ3n) is 2.40. The SMILES string of the molecule is O=C(O)CC[C@H](NC(=O)Cn1ccc([N+](=O)[O-])n1)C(=O)O. The van der Waals surface area contributed by atoms with Crippen molar-refractivity contribution in [3.05, 3.63) is 22.4 Å². The predicted octanol–water partition coefficient (Wildman–Crippen LogP) is -0.775. The third kappa shape index (κ3) is 5.26. The van der Waals surface area contributed by atoms with E-state index in [2.05, 4.69) is 10.4 Å². The molecule has 1 atom stereocenters. The Kier molecular flexibility index (Phi) is 5.34. The van der Waals surface area contributed by atoms with Crippen LogP contribution in [-0.4, -0.2) is 48.8 Å². The number of nitrogens with zero attached hydrogens (tertiary/aromatic N) is 3. The normalized spacial score (nSPS) is 11.6. The molecular weight excluding hydrogens is 288 g/mol. The first kappa shape index (κ1) is 16.1. The maximum Gasteiger partial charge on any atom is 0.389 e. The molecule has 11 nitrogen and oxygen atoms in total. The number of nitrogens with one attached hydrogen (secondary N) is 1. The summed E-state index contributed by atoms with van der Waals surface area (Å²) in [6.07, 6.45) is 0.519. The van der Waals surface area contributed by atoms with Gasteiger partial charge in [0.15, 0.2) is 0 Å². The van der Waals surface area contributed by atoms with E-state index < -0.39 is 47.6 Å². The Morgan fingerprint density at radius 3 is 2.57 bits per heavy atom.